The molecule has 2 N–H and O–H groups in total. The first-order chi connectivity index (χ1) is 9.63. The van der Waals surface area contributed by atoms with E-state index in [2.05, 4.69) is 20.4 Å². The number of aromatic nitrogens is 4. The van der Waals surface area contributed by atoms with Crippen LogP contribution in [0.25, 0.3) is 0 Å². The molecule has 1 fully saturated rings. The van der Waals surface area contributed by atoms with Crippen molar-refractivity contribution in [1.82, 2.24) is 25.1 Å². The Kier molecular flexibility index (Phi) is 3.62. The minimum atomic E-state index is -0.140. The van der Waals surface area contributed by atoms with Crippen molar-refractivity contribution in [2.45, 2.75) is 42.5 Å². The predicted octanol–water partition coefficient (Wildman–Crippen LogP) is 1.22. The van der Waals surface area contributed by atoms with E-state index in [1.165, 1.54) is 42.4 Å². The van der Waals surface area contributed by atoms with E-state index in [0.29, 0.717) is 11.2 Å². The Morgan fingerprint density at radius 2 is 2.35 bits per heavy atom. The second kappa shape index (κ2) is 5.41. The lowest BCUT2D eigenvalue weighted by Gasteiger charge is -2.06. The Labute approximate surface area is 121 Å². The van der Waals surface area contributed by atoms with Crippen LogP contribution >= 0.6 is 11.8 Å². The highest BCUT2D eigenvalue weighted by molar-refractivity contribution is 7.99. The normalized spacial score (nSPS) is 14.7. The number of nitrogens with zero attached hydrogens (tertiary/aromatic N) is 3. The van der Waals surface area contributed by atoms with Gasteiger partial charge in [-0.25, -0.2) is 4.98 Å². The van der Waals surface area contributed by atoms with Gasteiger partial charge in [-0.1, -0.05) is 0 Å². The zero-order valence-corrected chi connectivity index (χ0v) is 12.3. The largest absolute Gasteiger partial charge is 0.310 e. The zero-order valence-electron chi connectivity index (χ0n) is 11.5. The SMILES string of the molecule is Cc1nn(C)c(Sc2nccc(=O)[nH]2)c1CNC1CC1. The lowest BCUT2D eigenvalue weighted by Crippen LogP contribution is -2.16. The van der Waals surface area contributed by atoms with E-state index in [0.717, 1.165) is 17.3 Å². The predicted molar refractivity (Wildman–Crippen MR) is 76.8 cm³/mol. The van der Waals surface area contributed by atoms with Gasteiger partial charge in [-0.3, -0.25) is 9.48 Å². The van der Waals surface area contributed by atoms with Crippen molar-refractivity contribution in [1.29, 1.82) is 0 Å². The first kappa shape index (κ1) is 13.4. The number of aryl methyl sites for hydroxylation is 2. The lowest BCUT2D eigenvalue weighted by atomic mass is 10.2. The third-order valence-corrected chi connectivity index (χ3v) is 4.38. The molecule has 20 heavy (non-hydrogen) atoms. The Morgan fingerprint density at radius 3 is 3.05 bits per heavy atom. The van der Waals surface area contributed by atoms with E-state index in [4.69, 9.17) is 0 Å². The van der Waals surface area contributed by atoms with Gasteiger partial charge in [0.2, 0.25) is 0 Å². The highest BCUT2D eigenvalue weighted by Crippen LogP contribution is 2.29. The van der Waals surface area contributed by atoms with Gasteiger partial charge in [0.05, 0.1) is 5.69 Å². The molecule has 0 bridgehead atoms. The lowest BCUT2D eigenvalue weighted by molar-refractivity contribution is 0.657. The van der Waals surface area contributed by atoms with Gasteiger partial charge in [-0.05, 0) is 31.5 Å². The van der Waals surface area contributed by atoms with E-state index in [-0.39, 0.29) is 5.56 Å². The van der Waals surface area contributed by atoms with Crippen LogP contribution in [-0.4, -0.2) is 25.8 Å². The number of aromatic amines is 1. The fourth-order valence-electron chi connectivity index (χ4n) is 2.04. The second-order valence-electron chi connectivity index (χ2n) is 4.99. The number of hydrogen-bond donors (Lipinski definition) is 2. The van der Waals surface area contributed by atoms with Crippen LogP contribution in [0.4, 0.5) is 0 Å². The van der Waals surface area contributed by atoms with Crippen LogP contribution in [0, 0.1) is 6.92 Å². The summed E-state index contributed by atoms with van der Waals surface area (Å²) in [4.78, 5) is 18.2. The Balaban J connectivity index is 1.85. The van der Waals surface area contributed by atoms with Crippen LogP contribution in [0.1, 0.15) is 24.1 Å². The van der Waals surface area contributed by atoms with E-state index in [9.17, 15) is 4.79 Å². The first-order valence-electron chi connectivity index (χ1n) is 6.62. The number of nitrogens with one attached hydrogen (secondary N) is 2. The molecule has 106 valence electrons. The van der Waals surface area contributed by atoms with Crippen molar-refractivity contribution >= 4 is 11.8 Å². The maximum Gasteiger partial charge on any atom is 0.251 e. The molecule has 1 aliphatic carbocycles. The summed E-state index contributed by atoms with van der Waals surface area (Å²) in [6.07, 6.45) is 4.04. The fourth-order valence-corrected chi connectivity index (χ4v) is 3.01. The highest BCUT2D eigenvalue weighted by atomic mass is 32.2. The summed E-state index contributed by atoms with van der Waals surface area (Å²) < 4.78 is 1.84. The maximum absolute atomic E-state index is 11.3. The van der Waals surface area contributed by atoms with Crippen LogP contribution in [0.3, 0.4) is 0 Å². The number of hydrogen-bond acceptors (Lipinski definition) is 5. The first-order valence-corrected chi connectivity index (χ1v) is 7.44. The van der Waals surface area contributed by atoms with Gasteiger partial charge in [0.25, 0.3) is 5.56 Å². The van der Waals surface area contributed by atoms with Crippen molar-refractivity contribution in [3.8, 4) is 0 Å². The second-order valence-corrected chi connectivity index (χ2v) is 5.97. The third-order valence-electron chi connectivity index (χ3n) is 3.27. The van der Waals surface area contributed by atoms with Crippen LogP contribution < -0.4 is 10.9 Å². The van der Waals surface area contributed by atoms with E-state index < -0.39 is 0 Å². The topological polar surface area (TPSA) is 75.6 Å². The van der Waals surface area contributed by atoms with E-state index in [1.54, 1.807) is 0 Å². The molecule has 1 saturated carbocycles. The zero-order chi connectivity index (χ0) is 14.1. The van der Waals surface area contributed by atoms with Gasteiger partial charge in [-0.15, -0.1) is 0 Å². The molecule has 0 atom stereocenters. The molecule has 0 aromatic carbocycles. The molecule has 2 heterocycles. The van der Waals surface area contributed by atoms with Crippen molar-refractivity contribution in [3.63, 3.8) is 0 Å². The minimum absolute atomic E-state index is 0.140. The molecule has 2 aromatic heterocycles. The van der Waals surface area contributed by atoms with E-state index >= 15 is 0 Å². The molecule has 0 saturated heterocycles. The molecule has 0 radical (unpaired) electrons. The molecule has 0 aliphatic heterocycles. The molecule has 6 nitrogen and oxygen atoms in total. The van der Waals surface area contributed by atoms with Crippen molar-refractivity contribution in [3.05, 3.63) is 33.9 Å². The smallest absolute Gasteiger partial charge is 0.251 e. The number of rotatable bonds is 5. The summed E-state index contributed by atoms with van der Waals surface area (Å²) in [5.74, 6) is 0. The van der Waals surface area contributed by atoms with Gasteiger partial charge in [0.15, 0.2) is 5.16 Å². The van der Waals surface area contributed by atoms with Crippen molar-refractivity contribution < 1.29 is 0 Å². The quantitative estimate of drug-likeness (QED) is 0.810. The highest BCUT2D eigenvalue weighted by Gasteiger charge is 2.22. The summed E-state index contributed by atoms with van der Waals surface area (Å²) in [6.45, 7) is 2.82. The molecule has 1 aliphatic rings. The molecule has 0 amide bonds. The molecule has 0 unspecified atom stereocenters. The maximum atomic E-state index is 11.3. The monoisotopic (exact) mass is 291 g/mol. The molecular weight excluding hydrogens is 274 g/mol. The van der Waals surface area contributed by atoms with E-state index in [1.807, 2.05) is 18.7 Å². The third kappa shape index (κ3) is 2.94. The summed E-state index contributed by atoms with van der Waals surface area (Å²) in [5.41, 5.74) is 2.05. The standard InChI is InChI=1S/C13H17N5OS/c1-8-10(7-15-9-3-4-9)12(18(2)17-8)20-13-14-6-5-11(19)16-13/h5-6,9,15H,3-4,7H2,1-2H3,(H,14,16,19). The summed E-state index contributed by atoms with van der Waals surface area (Å²) >= 11 is 1.44. The fraction of sp³-hybridized carbons (Fsp3) is 0.462. The Bertz CT molecular complexity index is 674. The van der Waals surface area contributed by atoms with Crippen LogP contribution in [0.5, 0.6) is 0 Å². The van der Waals surface area contributed by atoms with Gasteiger partial charge in [0, 0.05) is 37.5 Å². The van der Waals surface area contributed by atoms with Gasteiger partial charge in [0.1, 0.15) is 5.03 Å². The molecule has 7 heteroatoms. The Morgan fingerprint density at radius 1 is 1.55 bits per heavy atom. The summed E-state index contributed by atoms with van der Waals surface area (Å²) in [5, 5.41) is 9.58. The average molecular weight is 291 g/mol. The van der Waals surface area contributed by atoms with Crippen LogP contribution in [0.2, 0.25) is 0 Å². The molecular formula is C13H17N5OS. The summed E-state index contributed by atoms with van der Waals surface area (Å²) in [7, 11) is 1.91. The van der Waals surface area contributed by atoms with Crippen LogP contribution in [0.15, 0.2) is 27.2 Å². The van der Waals surface area contributed by atoms with Gasteiger partial charge in [-0.2, -0.15) is 5.10 Å². The molecule has 0 spiro atoms. The molecule has 2 aromatic rings. The number of H-pyrrole nitrogens is 1. The van der Waals surface area contributed by atoms with Gasteiger partial charge >= 0.3 is 0 Å². The van der Waals surface area contributed by atoms with Gasteiger partial charge < -0.3 is 10.3 Å². The Hall–Kier alpha value is -1.60. The average Bonchev–Trinajstić information content (AvgIpc) is 3.17. The minimum Gasteiger partial charge on any atom is -0.310 e. The van der Waals surface area contributed by atoms with Crippen LogP contribution in [-0.2, 0) is 13.6 Å². The molecule has 3 rings (SSSR count). The van der Waals surface area contributed by atoms with Crippen molar-refractivity contribution in [2.75, 3.05) is 0 Å². The summed E-state index contributed by atoms with van der Waals surface area (Å²) in [6, 6.07) is 2.07. The van der Waals surface area contributed by atoms with Crippen molar-refractivity contribution in [2.24, 2.45) is 7.05 Å².